The van der Waals surface area contributed by atoms with E-state index in [4.69, 9.17) is 4.74 Å². The number of rotatable bonds is 8. The van der Waals surface area contributed by atoms with Crippen molar-refractivity contribution in [3.63, 3.8) is 0 Å². The highest BCUT2D eigenvalue weighted by Gasteiger charge is 2.28. The van der Waals surface area contributed by atoms with Crippen molar-refractivity contribution in [3.05, 3.63) is 29.8 Å². The van der Waals surface area contributed by atoms with E-state index in [1.165, 1.54) is 24.1 Å². The Kier molecular flexibility index (Phi) is 5.70. The highest BCUT2D eigenvalue weighted by Crippen LogP contribution is 2.28. The van der Waals surface area contributed by atoms with E-state index in [-0.39, 0.29) is 0 Å². The van der Waals surface area contributed by atoms with Crippen LogP contribution in [-0.2, 0) is 11.3 Å². The normalized spacial score (nSPS) is 18.9. The Hall–Kier alpha value is -1.10. The predicted molar refractivity (Wildman–Crippen MR) is 91.4 cm³/mol. The highest BCUT2D eigenvalue weighted by molar-refractivity contribution is 5.47. The molecule has 2 aliphatic rings. The zero-order chi connectivity index (χ0) is 15.2. The number of benzene rings is 1. The summed E-state index contributed by atoms with van der Waals surface area (Å²) in [5.41, 5.74) is 2.76. The van der Waals surface area contributed by atoms with Crippen LogP contribution in [0.1, 0.15) is 25.3 Å². The molecule has 3 rings (SSSR count). The first-order valence-electron chi connectivity index (χ1n) is 8.73. The summed E-state index contributed by atoms with van der Waals surface area (Å²) in [6, 6.07) is 9.96. The van der Waals surface area contributed by atoms with E-state index in [2.05, 4.69) is 46.3 Å². The molecule has 2 fully saturated rings. The molecule has 0 atom stereocenters. The molecular formula is C18H29N3O. The monoisotopic (exact) mass is 303 g/mol. The lowest BCUT2D eigenvalue weighted by Gasteiger charge is -2.29. The van der Waals surface area contributed by atoms with Crippen LogP contribution in [0.5, 0.6) is 0 Å². The number of nitrogens with one attached hydrogen (secondary N) is 1. The van der Waals surface area contributed by atoms with Gasteiger partial charge in [-0.1, -0.05) is 19.1 Å². The molecule has 0 amide bonds. The first-order valence-corrected chi connectivity index (χ1v) is 8.73. The molecule has 0 spiro atoms. The smallest absolute Gasteiger partial charge is 0.0642 e. The van der Waals surface area contributed by atoms with Gasteiger partial charge in [-0.25, -0.2) is 0 Å². The van der Waals surface area contributed by atoms with Crippen molar-refractivity contribution in [3.8, 4) is 0 Å². The third-order valence-corrected chi connectivity index (χ3v) is 4.59. The third-order valence-electron chi connectivity index (χ3n) is 4.59. The van der Waals surface area contributed by atoms with E-state index in [0.717, 1.165) is 58.5 Å². The van der Waals surface area contributed by atoms with Gasteiger partial charge in [0.1, 0.15) is 0 Å². The van der Waals surface area contributed by atoms with Gasteiger partial charge in [0.25, 0.3) is 0 Å². The highest BCUT2D eigenvalue weighted by atomic mass is 16.5. The number of morpholine rings is 1. The van der Waals surface area contributed by atoms with Crippen LogP contribution in [0.3, 0.4) is 0 Å². The molecule has 4 nitrogen and oxygen atoms in total. The van der Waals surface area contributed by atoms with Crippen LogP contribution in [0.4, 0.5) is 5.69 Å². The first kappa shape index (κ1) is 15.8. The molecule has 1 heterocycles. The topological polar surface area (TPSA) is 27.7 Å². The van der Waals surface area contributed by atoms with E-state index in [0.29, 0.717) is 0 Å². The van der Waals surface area contributed by atoms with Gasteiger partial charge in [-0.3, -0.25) is 4.90 Å². The van der Waals surface area contributed by atoms with Crippen molar-refractivity contribution in [2.45, 2.75) is 32.4 Å². The summed E-state index contributed by atoms with van der Waals surface area (Å²) >= 11 is 0. The molecule has 1 aliphatic carbocycles. The van der Waals surface area contributed by atoms with Crippen molar-refractivity contribution in [2.24, 2.45) is 0 Å². The van der Waals surface area contributed by atoms with Gasteiger partial charge in [-0.05, 0) is 37.1 Å². The van der Waals surface area contributed by atoms with Crippen LogP contribution in [0.2, 0.25) is 0 Å². The van der Waals surface area contributed by atoms with Crippen LogP contribution in [0.25, 0.3) is 0 Å². The van der Waals surface area contributed by atoms with Gasteiger partial charge in [-0.15, -0.1) is 0 Å². The Balaban J connectivity index is 1.54. The molecular weight excluding hydrogens is 274 g/mol. The molecule has 0 radical (unpaired) electrons. The minimum Gasteiger partial charge on any atom is -0.378 e. The maximum absolute atomic E-state index is 5.42. The summed E-state index contributed by atoms with van der Waals surface area (Å²) in [6.45, 7) is 10.3. The largest absolute Gasteiger partial charge is 0.378 e. The van der Waals surface area contributed by atoms with Crippen molar-refractivity contribution in [2.75, 3.05) is 50.8 Å². The van der Waals surface area contributed by atoms with Gasteiger partial charge < -0.3 is 15.0 Å². The third kappa shape index (κ3) is 4.45. The van der Waals surface area contributed by atoms with Crippen LogP contribution >= 0.6 is 0 Å². The first-order chi connectivity index (χ1) is 10.9. The van der Waals surface area contributed by atoms with E-state index in [1.54, 1.807) is 0 Å². The quantitative estimate of drug-likeness (QED) is 0.744. The second-order valence-electron chi connectivity index (χ2n) is 6.32. The molecule has 22 heavy (non-hydrogen) atoms. The lowest BCUT2D eigenvalue weighted by Crippen LogP contribution is -2.36. The van der Waals surface area contributed by atoms with E-state index in [9.17, 15) is 0 Å². The summed E-state index contributed by atoms with van der Waals surface area (Å²) in [4.78, 5) is 5.05. The lowest BCUT2D eigenvalue weighted by molar-refractivity contribution is 0.122. The second-order valence-corrected chi connectivity index (χ2v) is 6.32. The van der Waals surface area contributed by atoms with Gasteiger partial charge >= 0.3 is 0 Å². The summed E-state index contributed by atoms with van der Waals surface area (Å²) in [5, 5.41) is 3.44. The minimum atomic E-state index is 0.817. The molecule has 1 saturated carbocycles. The molecule has 0 bridgehead atoms. The average molecular weight is 303 g/mol. The van der Waals surface area contributed by atoms with Crippen molar-refractivity contribution >= 4 is 5.69 Å². The number of nitrogens with zero attached hydrogens (tertiary/aromatic N) is 2. The van der Waals surface area contributed by atoms with Gasteiger partial charge in [-0.2, -0.15) is 0 Å². The van der Waals surface area contributed by atoms with Crippen molar-refractivity contribution < 1.29 is 4.74 Å². The van der Waals surface area contributed by atoms with Crippen LogP contribution in [0, 0.1) is 0 Å². The van der Waals surface area contributed by atoms with Gasteiger partial charge in [0.05, 0.1) is 13.2 Å². The molecule has 1 aromatic rings. The fraction of sp³-hybridized carbons (Fsp3) is 0.667. The van der Waals surface area contributed by atoms with Crippen LogP contribution < -0.4 is 10.2 Å². The molecule has 122 valence electrons. The average Bonchev–Trinajstić information content (AvgIpc) is 3.40. The maximum Gasteiger partial charge on any atom is 0.0642 e. The summed E-state index contributed by atoms with van der Waals surface area (Å²) < 4.78 is 5.42. The molecule has 1 saturated heterocycles. The molecule has 4 heteroatoms. The lowest BCUT2D eigenvalue weighted by atomic mass is 10.1. The van der Waals surface area contributed by atoms with Gasteiger partial charge in [0, 0.05) is 44.5 Å². The Bertz CT molecular complexity index is 438. The SMILES string of the molecule is CCNCCN(Cc1ccc(N2CCOCC2)cc1)C1CC1. The summed E-state index contributed by atoms with van der Waals surface area (Å²) in [7, 11) is 0. The minimum absolute atomic E-state index is 0.817. The maximum atomic E-state index is 5.42. The fourth-order valence-corrected chi connectivity index (χ4v) is 3.10. The number of hydrogen-bond donors (Lipinski definition) is 1. The van der Waals surface area contributed by atoms with Crippen LogP contribution in [0.15, 0.2) is 24.3 Å². The number of likely N-dealkylation sites (N-methyl/N-ethyl adjacent to an activating group) is 1. The predicted octanol–water partition coefficient (Wildman–Crippen LogP) is 2.10. The van der Waals surface area contributed by atoms with E-state index >= 15 is 0 Å². The molecule has 1 aromatic carbocycles. The summed E-state index contributed by atoms with van der Waals surface area (Å²) in [6.07, 6.45) is 2.75. The molecule has 1 N–H and O–H groups in total. The Morgan fingerprint density at radius 3 is 2.55 bits per heavy atom. The Morgan fingerprint density at radius 1 is 1.18 bits per heavy atom. The van der Waals surface area contributed by atoms with Crippen molar-refractivity contribution in [1.82, 2.24) is 10.2 Å². The van der Waals surface area contributed by atoms with Crippen molar-refractivity contribution in [1.29, 1.82) is 0 Å². The van der Waals surface area contributed by atoms with E-state index < -0.39 is 0 Å². The van der Waals surface area contributed by atoms with Gasteiger partial charge in [0.2, 0.25) is 0 Å². The Morgan fingerprint density at radius 2 is 1.91 bits per heavy atom. The number of anilines is 1. The molecule has 1 aliphatic heterocycles. The Labute approximate surface area is 134 Å². The van der Waals surface area contributed by atoms with Crippen LogP contribution in [-0.4, -0.2) is 56.9 Å². The zero-order valence-electron chi connectivity index (χ0n) is 13.8. The zero-order valence-corrected chi connectivity index (χ0v) is 13.8. The standard InChI is InChI=1S/C18H29N3O/c1-2-19-9-10-21(18-7-8-18)15-16-3-5-17(6-4-16)20-11-13-22-14-12-20/h3-6,18-19H,2,7-15H2,1H3. The van der Waals surface area contributed by atoms with E-state index in [1.807, 2.05) is 0 Å². The summed E-state index contributed by atoms with van der Waals surface area (Å²) in [5.74, 6) is 0. The fourth-order valence-electron chi connectivity index (χ4n) is 3.10. The number of hydrogen-bond acceptors (Lipinski definition) is 4. The molecule has 0 unspecified atom stereocenters. The molecule has 0 aromatic heterocycles. The van der Waals surface area contributed by atoms with Gasteiger partial charge in [0.15, 0.2) is 0 Å². The number of ether oxygens (including phenoxy) is 1. The second kappa shape index (κ2) is 7.95.